The van der Waals surface area contributed by atoms with Gasteiger partial charge in [-0.3, -0.25) is 0 Å². The Kier molecular flexibility index (Phi) is 2.03. The van der Waals surface area contributed by atoms with Crippen molar-refractivity contribution in [1.82, 2.24) is 0 Å². The molecule has 3 unspecified atom stereocenters. The normalized spacial score (nSPS) is 39.1. The van der Waals surface area contributed by atoms with Crippen molar-refractivity contribution in [2.75, 3.05) is 0 Å². The highest BCUT2D eigenvalue weighted by molar-refractivity contribution is 5.14. The second-order valence-corrected chi connectivity index (χ2v) is 5.50. The maximum atomic E-state index is 6.17. The molecule has 0 heterocycles. The predicted octanol–water partition coefficient (Wildman–Crippen LogP) is 2.72. The van der Waals surface area contributed by atoms with E-state index in [0.29, 0.717) is 0 Å². The van der Waals surface area contributed by atoms with Crippen LogP contribution in [-0.4, -0.2) is 5.54 Å². The maximum Gasteiger partial charge on any atom is 0.0131 e. The molecule has 2 rings (SSSR count). The molecule has 2 aliphatic carbocycles. The first kappa shape index (κ1) is 9.26. The zero-order valence-electron chi connectivity index (χ0n) is 9.01. The van der Waals surface area contributed by atoms with Crippen molar-refractivity contribution < 1.29 is 0 Å². The van der Waals surface area contributed by atoms with Crippen molar-refractivity contribution >= 4 is 0 Å². The van der Waals surface area contributed by atoms with E-state index in [2.05, 4.69) is 26.8 Å². The molecule has 0 amide bonds. The van der Waals surface area contributed by atoms with E-state index in [0.717, 1.165) is 17.8 Å². The van der Waals surface area contributed by atoms with Crippen LogP contribution in [0.5, 0.6) is 0 Å². The monoisotopic (exact) mass is 179 g/mol. The summed E-state index contributed by atoms with van der Waals surface area (Å²) >= 11 is 0. The Hall–Kier alpha value is -0.300. The van der Waals surface area contributed by atoms with E-state index in [1.54, 1.807) is 5.57 Å². The summed E-state index contributed by atoms with van der Waals surface area (Å²) in [6.45, 7) is 6.62. The van der Waals surface area contributed by atoms with Gasteiger partial charge >= 0.3 is 0 Å². The molecule has 1 nitrogen and oxygen atoms in total. The Balaban J connectivity index is 2.03. The van der Waals surface area contributed by atoms with Gasteiger partial charge in [-0.15, -0.1) is 0 Å². The standard InChI is InChI=1S/C12H21N/c1-8-4-6-9-10(7-5-8)11(9)12(2,3)13/h4,9-11H,5-7,13H2,1-3H3. The number of allylic oxidation sites excluding steroid dienone is 2. The van der Waals surface area contributed by atoms with Crippen LogP contribution in [0.1, 0.15) is 40.0 Å². The minimum Gasteiger partial charge on any atom is -0.325 e. The second-order valence-electron chi connectivity index (χ2n) is 5.50. The number of nitrogens with two attached hydrogens (primary N) is 1. The molecule has 2 N–H and O–H groups in total. The third kappa shape index (κ3) is 1.67. The highest BCUT2D eigenvalue weighted by Crippen LogP contribution is 2.57. The number of hydrogen-bond acceptors (Lipinski definition) is 1. The predicted molar refractivity (Wildman–Crippen MR) is 56.3 cm³/mol. The van der Waals surface area contributed by atoms with Crippen molar-refractivity contribution in [3.05, 3.63) is 11.6 Å². The van der Waals surface area contributed by atoms with Crippen LogP contribution in [0.15, 0.2) is 11.6 Å². The van der Waals surface area contributed by atoms with Crippen LogP contribution in [-0.2, 0) is 0 Å². The van der Waals surface area contributed by atoms with Gasteiger partial charge < -0.3 is 5.73 Å². The highest BCUT2D eigenvalue weighted by atomic mass is 14.8. The summed E-state index contributed by atoms with van der Waals surface area (Å²) in [5.41, 5.74) is 7.80. The topological polar surface area (TPSA) is 26.0 Å². The van der Waals surface area contributed by atoms with Crippen molar-refractivity contribution in [2.45, 2.75) is 45.6 Å². The Morgan fingerprint density at radius 2 is 2.08 bits per heavy atom. The van der Waals surface area contributed by atoms with Crippen LogP contribution in [0.4, 0.5) is 0 Å². The number of fused-ring (bicyclic) bond motifs is 1. The molecule has 0 aromatic heterocycles. The molecule has 1 heteroatoms. The first-order valence-electron chi connectivity index (χ1n) is 5.44. The summed E-state index contributed by atoms with van der Waals surface area (Å²) in [5, 5.41) is 0. The Labute approximate surface area is 81.4 Å². The van der Waals surface area contributed by atoms with Gasteiger partial charge in [0.15, 0.2) is 0 Å². The van der Waals surface area contributed by atoms with Gasteiger partial charge in [0.2, 0.25) is 0 Å². The van der Waals surface area contributed by atoms with Crippen molar-refractivity contribution in [1.29, 1.82) is 0 Å². The van der Waals surface area contributed by atoms with Crippen LogP contribution in [0.2, 0.25) is 0 Å². The molecule has 2 aliphatic rings. The Morgan fingerprint density at radius 1 is 1.38 bits per heavy atom. The van der Waals surface area contributed by atoms with Gasteiger partial charge in [0.25, 0.3) is 0 Å². The minimum absolute atomic E-state index is 0.0500. The molecular formula is C12H21N. The van der Waals surface area contributed by atoms with E-state index >= 15 is 0 Å². The molecule has 3 atom stereocenters. The fraction of sp³-hybridized carbons (Fsp3) is 0.833. The van der Waals surface area contributed by atoms with E-state index in [-0.39, 0.29) is 5.54 Å². The molecule has 74 valence electrons. The van der Waals surface area contributed by atoms with Crippen molar-refractivity contribution in [2.24, 2.45) is 23.5 Å². The third-order valence-corrected chi connectivity index (χ3v) is 3.80. The summed E-state index contributed by atoms with van der Waals surface area (Å²) in [4.78, 5) is 0. The molecule has 1 fully saturated rings. The van der Waals surface area contributed by atoms with Gasteiger partial charge in [-0.1, -0.05) is 11.6 Å². The van der Waals surface area contributed by atoms with Gasteiger partial charge in [-0.25, -0.2) is 0 Å². The lowest BCUT2D eigenvalue weighted by atomic mass is 9.94. The quantitative estimate of drug-likeness (QED) is 0.615. The smallest absolute Gasteiger partial charge is 0.0131 e. The maximum absolute atomic E-state index is 6.17. The van der Waals surface area contributed by atoms with Crippen molar-refractivity contribution in [3.8, 4) is 0 Å². The van der Waals surface area contributed by atoms with E-state index < -0.39 is 0 Å². The summed E-state index contributed by atoms with van der Waals surface area (Å²) in [6, 6.07) is 0. The second kappa shape index (κ2) is 2.84. The molecule has 0 aromatic rings. The fourth-order valence-corrected chi connectivity index (χ4v) is 3.10. The Bertz CT molecular complexity index is 234. The van der Waals surface area contributed by atoms with Crippen LogP contribution in [0, 0.1) is 17.8 Å². The Morgan fingerprint density at radius 3 is 2.69 bits per heavy atom. The molecule has 0 radical (unpaired) electrons. The molecule has 0 bridgehead atoms. The summed E-state index contributed by atoms with van der Waals surface area (Å²) in [6.07, 6.45) is 6.38. The van der Waals surface area contributed by atoms with E-state index in [4.69, 9.17) is 5.73 Å². The van der Waals surface area contributed by atoms with Crippen LogP contribution >= 0.6 is 0 Å². The zero-order chi connectivity index (χ0) is 9.64. The summed E-state index contributed by atoms with van der Waals surface area (Å²) in [7, 11) is 0. The summed E-state index contributed by atoms with van der Waals surface area (Å²) in [5.74, 6) is 2.61. The molecule has 0 aromatic carbocycles. The van der Waals surface area contributed by atoms with Gasteiger partial charge in [0, 0.05) is 5.54 Å². The average molecular weight is 179 g/mol. The van der Waals surface area contributed by atoms with Gasteiger partial charge in [0.1, 0.15) is 0 Å². The highest BCUT2D eigenvalue weighted by Gasteiger charge is 2.54. The minimum atomic E-state index is 0.0500. The van der Waals surface area contributed by atoms with E-state index in [1.165, 1.54) is 19.3 Å². The molecule has 0 aliphatic heterocycles. The molecule has 0 spiro atoms. The van der Waals surface area contributed by atoms with E-state index in [9.17, 15) is 0 Å². The SMILES string of the molecule is CC1=CCC2C(CC1)C2C(C)(C)N. The van der Waals surface area contributed by atoms with E-state index in [1.807, 2.05) is 0 Å². The third-order valence-electron chi connectivity index (χ3n) is 3.80. The fourth-order valence-electron chi connectivity index (χ4n) is 3.10. The number of hydrogen-bond donors (Lipinski definition) is 1. The lowest BCUT2D eigenvalue weighted by Crippen LogP contribution is -2.36. The first-order valence-corrected chi connectivity index (χ1v) is 5.44. The lowest BCUT2D eigenvalue weighted by molar-refractivity contribution is 0.404. The zero-order valence-corrected chi connectivity index (χ0v) is 9.01. The lowest BCUT2D eigenvalue weighted by Gasteiger charge is -2.19. The van der Waals surface area contributed by atoms with Crippen LogP contribution in [0.3, 0.4) is 0 Å². The van der Waals surface area contributed by atoms with Gasteiger partial charge in [-0.05, 0) is 57.8 Å². The number of rotatable bonds is 1. The largest absolute Gasteiger partial charge is 0.325 e. The summed E-state index contributed by atoms with van der Waals surface area (Å²) < 4.78 is 0. The van der Waals surface area contributed by atoms with Crippen LogP contribution < -0.4 is 5.73 Å². The molecule has 1 saturated carbocycles. The molecule has 13 heavy (non-hydrogen) atoms. The van der Waals surface area contributed by atoms with Gasteiger partial charge in [0.05, 0.1) is 0 Å². The van der Waals surface area contributed by atoms with Crippen LogP contribution in [0.25, 0.3) is 0 Å². The average Bonchev–Trinajstić information content (AvgIpc) is 2.68. The van der Waals surface area contributed by atoms with Crippen molar-refractivity contribution in [3.63, 3.8) is 0 Å². The first-order chi connectivity index (χ1) is 6.00. The molecular weight excluding hydrogens is 158 g/mol. The van der Waals surface area contributed by atoms with Gasteiger partial charge in [-0.2, -0.15) is 0 Å². The molecule has 0 saturated heterocycles.